The summed E-state index contributed by atoms with van der Waals surface area (Å²) in [4.78, 5) is 4.42. The quantitative estimate of drug-likeness (QED) is 0.337. The smallest absolute Gasteiger partial charge is 0.210 e. The van der Waals surface area contributed by atoms with E-state index in [1.807, 2.05) is 25.1 Å². The van der Waals surface area contributed by atoms with Gasteiger partial charge in [0.05, 0.1) is 11.7 Å². The lowest BCUT2D eigenvalue weighted by Crippen LogP contribution is -2.36. The summed E-state index contributed by atoms with van der Waals surface area (Å²) in [7, 11) is 0. The number of rotatable bonds is 2. The molecule has 0 bridgehead atoms. The number of aryl methyl sites for hydroxylation is 1. The van der Waals surface area contributed by atoms with Gasteiger partial charge in [-0.15, -0.1) is 0 Å². The van der Waals surface area contributed by atoms with Gasteiger partial charge in [-0.25, -0.2) is 10.8 Å². The predicted octanol–water partition coefficient (Wildman–Crippen LogP) is 2.15. The van der Waals surface area contributed by atoms with Crippen molar-refractivity contribution in [1.82, 2.24) is 5.43 Å². The van der Waals surface area contributed by atoms with Gasteiger partial charge in [0, 0.05) is 4.47 Å². The summed E-state index contributed by atoms with van der Waals surface area (Å²) in [5.74, 6) is 6.05. The number of guanidine groups is 1. The van der Waals surface area contributed by atoms with Crippen LogP contribution in [0.4, 0.5) is 5.69 Å². The van der Waals surface area contributed by atoms with Gasteiger partial charge in [0.2, 0.25) is 5.96 Å². The van der Waals surface area contributed by atoms with Crippen LogP contribution >= 0.6 is 15.9 Å². The molecule has 0 aliphatic heterocycles. The highest BCUT2D eigenvalue weighted by Gasteiger charge is 2.21. The van der Waals surface area contributed by atoms with Crippen LogP contribution in [0.3, 0.4) is 0 Å². The molecule has 0 atom stereocenters. The summed E-state index contributed by atoms with van der Waals surface area (Å²) in [6.07, 6.45) is 2.31. The summed E-state index contributed by atoms with van der Waals surface area (Å²) in [5, 5.41) is 3.18. The van der Waals surface area contributed by atoms with Crippen LogP contribution in [0.5, 0.6) is 0 Å². The first-order valence-corrected chi connectivity index (χ1v) is 6.06. The molecule has 1 fully saturated rings. The van der Waals surface area contributed by atoms with Crippen LogP contribution in [-0.4, -0.2) is 12.0 Å². The normalized spacial score (nSPS) is 16.1. The Hall–Kier alpha value is -1.07. The highest BCUT2D eigenvalue weighted by Crippen LogP contribution is 2.25. The third-order valence-electron chi connectivity index (χ3n) is 2.37. The molecule has 1 aliphatic carbocycles. The lowest BCUT2D eigenvalue weighted by Gasteiger charge is -2.11. The van der Waals surface area contributed by atoms with Gasteiger partial charge in [-0.3, -0.25) is 5.43 Å². The van der Waals surface area contributed by atoms with Gasteiger partial charge in [-0.1, -0.05) is 6.07 Å². The molecule has 5 heteroatoms. The zero-order valence-electron chi connectivity index (χ0n) is 9.13. The monoisotopic (exact) mass is 282 g/mol. The van der Waals surface area contributed by atoms with E-state index in [9.17, 15) is 0 Å². The number of nitrogens with zero attached hydrogens (tertiary/aromatic N) is 1. The molecule has 0 heterocycles. The second kappa shape index (κ2) is 4.84. The van der Waals surface area contributed by atoms with E-state index in [1.54, 1.807) is 0 Å². The number of nitrogens with two attached hydrogens (primary N) is 1. The van der Waals surface area contributed by atoms with Crippen LogP contribution in [0.1, 0.15) is 18.4 Å². The Morgan fingerprint density at radius 2 is 2.25 bits per heavy atom. The van der Waals surface area contributed by atoms with Crippen molar-refractivity contribution in [3.8, 4) is 0 Å². The van der Waals surface area contributed by atoms with Crippen molar-refractivity contribution in [2.24, 2.45) is 10.8 Å². The molecule has 0 aromatic heterocycles. The number of benzene rings is 1. The number of hydrogen-bond acceptors (Lipinski definition) is 2. The fourth-order valence-corrected chi connectivity index (χ4v) is 1.70. The van der Waals surface area contributed by atoms with Crippen molar-refractivity contribution in [2.45, 2.75) is 25.8 Å². The fourth-order valence-electron chi connectivity index (χ4n) is 1.35. The Morgan fingerprint density at radius 1 is 1.50 bits per heavy atom. The number of aliphatic imine (C=N–C) groups is 1. The van der Waals surface area contributed by atoms with E-state index in [0.717, 1.165) is 23.0 Å². The Labute approximate surface area is 103 Å². The van der Waals surface area contributed by atoms with Crippen molar-refractivity contribution in [1.29, 1.82) is 0 Å². The van der Waals surface area contributed by atoms with Crippen molar-refractivity contribution in [3.63, 3.8) is 0 Å². The molecule has 0 radical (unpaired) electrons. The van der Waals surface area contributed by atoms with E-state index in [1.165, 1.54) is 5.56 Å². The Morgan fingerprint density at radius 3 is 2.88 bits per heavy atom. The Kier molecular flexibility index (Phi) is 3.46. The zero-order chi connectivity index (χ0) is 11.5. The average molecular weight is 283 g/mol. The van der Waals surface area contributed by atoms with Gasteiger partial charge in [-0.05, 0) is 53.4 Å². The first-order valence-electron chi connectivity index (χ1n) is 5.26. The molecule has 1 aromatic rings. The van der Waals surface area contributed by atoms with E-state index < -0.39 is 0 Å². The summed E-state index contributed by atoms with van der Waals surface area (Å²) in [5.41, 5.74) is 4.74. The van der Waals surface area contributed by atoms with Gasteiger partial charge in [-0.2, -0.15) is 0 Å². The van der Waals surface area contributed by atoms with Gasteiger partial charge < -0.3 is 5.32 Å². The van der Waals surface area contributed by atoms with E-state index in [4.69, 9.17) is 5.84 Å². The van der Waals surface area contributed by atoms with Gasteiger partial charge in [0.1, 0.15) is 0 Å². The molecule has 86 valence electrons. The summed E-state index contributed by atoms with van der Waals surface area (Å²) >= 11 is 3.48. The van der Waals surface area contributed by atoms with Crippen molar-refractivity contribution < 1.29 is 0 Å². The molecule has 1 aromatic carbocycles. The third kappa shape index (κ3) is 2.96. The van der Waals surface area contributed by atoms with Crippen LogP contribution in [0.15, 0.2) is 27.7 Å². The molecule has 0 unspecified atom stereocenters. The van der Waals surface area contributed by atoms with Gasteiger partial charge >= 0.3 is 0 Å². The highest BCUT2D eigenvalue weighted by molar-refractivity contribution is 9.10. The SMILES string of the molecule is Cc1ccc(Br)c(NC(=NC2CC2)NN)c1. The first-order chi connectivity index (χ1) is 7.69. The lowest BCUT2D eigenvalue weighted by molar-refractivity contribution is 0.966. The molecule has 1 saturated carbocycles. The number of hydrogen-bond donors (Lipinski definition) is 3. The molecular weight excluding hydrogens is 268 g/mol. The average Bonchev–Trinajstić information content (AvgIpc) is 3.06. The maximum Gasteiger partial charge on any atom is 0.210 e. The third-order valence-corrected chi connectivity index (χ3v) is 3.06. The maximum absolute atomic E-state index is 5.43. The standard InChI is InChI=1S/C11H15BrN4/c1-7-2-5-9(12)10(6-7)15-11(16-13)14-8-3-4-8/h2,5-6,8H,3-4,13H2,1H3,(H2,14,15,16). The molecule has 16 heavy (non-hydrogen) atoms. The van der Waals surface area contributed by atoms with Crippen LogP contribution in [0.25, 0.3) is 0 Å². The molecule has 1 aliphatic rings. The van der Waals surface area contributed by atoms with Crippen molar-refractivity contribution >= 4 is 27.6 Å². The number of hydrazine groups is 1. The van der Waals surface area contributed by atoms with Crippen LogP contribution in [0, 0.1) is 6.92 Å². The second-order valence-corrected chi connectivity index (χ2v) is 4.82. The number of halogens is 1. The van der Waals surface area contributed by atoms with Crippen LogP contribution < -0.4 is 16.6 Å². The number of anilines is 1. The van der Waals surface area contributed by atoms with E-state index in [-0.39, 0.29) is 0 Å². The summed E-state index contributed by atoms with van der Waals surface area (Å²) in [6, 6.07) is 6.53. The van der Waals surface area contributed by atoms with Crippen LogP contribution in [-0.2, 0) is 0 Å². The second-order valence-electron chi connectivity index (χ2n) is 3.96. The topological polar surface area (TPSA) is 62.4 Å². The fraction of sp³-hybridized carbons (Fsp3) is 0.364. The molecule has 4 N–H and O–H groups in total. The van der Waals surface area contributed by atoms with E-state index >= 15 is 0 Å². The Balaban J connectivity index is 2.14. The van der Waals surface area contributed by atoms with Gasteiger partial charge in [0.25, 0.3) is 0 Å². The predicted molar refractivity (Wildman–Crippen MR) is 70.3 cm³/mol. The van der Waals surface area contributed by atoms with Crippen LogP contribution in [0.2, 0.25) is 0 Å². The van der Waals surface area contributed by atoms with Gasteiger partial charge in [0.15, 0.2) is 0 Å². The molecule has 2 rings (SSSR count). The zero-order valence-corrected chi connectivity index (χ0v) is 10.7. The summed E-state index contributed by atoms with van der Waals surface area (Å²) in [6.45, 7) is 2.05. The number of nitrogens with one attached hydrogen (secondary N) is 2. The molecule has 0 spiro atoms. The maximum atomic E-state index is 5.43. The lowest BCUT2D eigenvalue weighted by atomic mass is 10.2. The first kappa shape index (κ1) is 11.4. The largest absolute Gasteiger partial charge is 0.324 e. The molecular formula is C11H15BrN4. The molecule has 0 amide bonds. The Bertz CT molecular complexity index is 412. The highest BCUT2D eigenvalue weighted by atomic mass is 79.9. The summed E-state index contributed by atoms with van der Waals surface area (Å²) < 4.78 is 0.997. The minimum atomic E-state index is 0.433. The minimum Gasteiger partial charge on any atom is -0.324 e. The van der Waals surface area contributed by atoms with Crippen molar-refractivity contribution in [3.05, 3.63) is 28.2 Å². The molecule has 0 saturated heterocycles. The minimum absolute atomic E-state index is 0.433. The molecule has 4 nitrogen and oxygen atoms in total. The van der Waals surface area contributed by atoms with E-state index in [2.05, 4.69) is 31.7 Å². The van der Waals surface area contributed by atoms with Crippen molar-refractivity contribution in [2.75, 3.05) is 5.32 Å². The van der Waals surface area contributed by atoms with E-state index in [0.29, 0.717) is 12.0 Å².